The van der Waals surface area contributed by atoms with E-state index in [4.69, 9.17) is 38.5 Å². The molecule has 11 nitrogen and oxygen atoms in total. The summed E-state index contributed by atoms with van der Waals surface area (Å²) in [6.07, 6.45) is 4.14. The lowest BCUT2D eigenvalue weighted by Crippen LogP contribution is -2.34. The number of nitrogens with one attached hydrogen (secondary N) is 1. The number of anilines is 1. The van der Waals surface area contributed by atoms with Crippen LogP contribution >= 0.6 is 23.2 Å². The molecule has 3 N–H and O–H groups in total. The molecule has 1 aromatic carbocycles. The average molecular weight is 601 g/mol. The molecule has 216 valence electrons. The number of fused-ring (bicyclic) bond motifs is 1. The van der Waals surface area contributed by atoms with Gasteiger partial charge in [0.25, 0.3) is 11.5 Å². The summed E-state index contributed by atoms with van der Waals surface area (Å²) in [6, 6.07) is 8.22. The highest BCUT2D eigenvalue weighted by atomic mass is 35.5. The Kier molecular flexibility index (Phi) is 8.79. The zero-order chi connectivity index (χ0) is 29.1. The van der Waals surface area contributed by atoms with Crippen molar-refractivity contribution in [3.05, 3.63) is 62.6 Å². The van der Waals surface area contributed by atoms with E-state index in [0.29, 0.717) is 38.8 Å². The van der Waals surface area contributed by atoms with Crippen molar-refractivity contribution >= 4 is 46.0 Å². The molecule has 0 unspecified atom stereocenters. The molecule has 4 aromatic rings. The van der Waals surface area contributed by atoms with Gasteiger partial charge in [-0.2, -0.15) is 0 Å². The predicted molar refractivity (Wildman–Crippen MR) is 159 cm³/mol. The van der Waals surface area contributed by atoms with E-state index < -0.39 is 5.56 Å². The van der Waals surface area contributed by atoms with Crippen molar-refractivity contribution in [2.24, 2.45) is 7.05 Å². The Bertz CT molecular complexity index is 1630. The smallest absolute Gasteiger partial charge is 0.293 e. The third kappa shape index (κ3) is 6.03. The third-order valence-electron chi connectivity index (χ3n) is 7.00. The lowest BCUT2D eigenvalue weighted by atomic mass is 10.1. The third-order valence-corrected chi connectivity index (χ3v) is 7.63. The Morgan fingerprint density at radius 1 is 1.12 bits per heavy atom. The maximum Gasteiger partial charge on any atom is 0.293 e. The van der Waals surface area contributed by atoms with Crippen molar-refractivity contribution in [3.8, 4) is 22.5 Å². The number of amides is 1. The van der Waals surface area contributed by atoms with E-state index in [1.54, 1.807) is 48.1 Å². The van der Waals surface area contributed by atoms with E-state index in [1.807, 2.05) is 0 Å². The van der Waals surface area contributed by atoms with Gasteiger partial charge < -0.3 is 30.1 Å². The average Bonchev–Trinajstić information content (AvgIpc) is 3.60. The molecule has 0 radical (unpaired) electrons. The molecule has 1 saturated heterocycles. The maximum absolute atomic E-state index is 13.7. The van der Waals surface area contributed by atoms with E-state index in [9.17, 15) is 9.59 Å². The van der Waals surface area contributed by atoms with Gasteiger partial charge in [-0.25, -0.2) is 9.97 Å². The Morgan fingerprint density at radius 3 is 2.56 bits per heavy atom. The molecule has 0 bridgehead atoms. The fourth-order valence-corrected chi connectivity index (χ4v) is 5.51. The number of benzene rings is 1. The van der Waals surface area contributed by atoms with Crippen molar-refractivity contribution in [2.75, 3.05) is 52.2 Å². The molecule has 0 aliphatic carbocycles. The summed E-state index contributed by atoms with van der Waals surface area (Å²) in [7, 11) is 3.30. The van der Waals surface area contributed by atoms with Crippen LogP contribution in [0, 0.1) is 0 Å². The van der Waals surface area contributed by atoms with E-state index in [2.05, 4.69) is 20.2 Å². The standard InChI is InChI=1S/C28H31Cl2N7O4/c1-35-16-17(14-22(35)27(38)32-8-11-36-9-3-4-10-36)25-33-24(31)19-15-18(23-20(29)6-5-7-21(23)30)28(39)37(26(19)34-25)41-13-12-40-2/h5-7,14-16H,3-4,8-13H2,1-2H3,(H,32,38)(H2,31,33,34). The van der Waals surface area contributed by atoms with E-state index >= 15 is 0 Å². The molecule has 1 aliphatic rings. The van der Waals surface area contributed by atoms with Gasteiger partial charge >= 0.3 is 0 Å². The number of aromatic nitrogens is 4. The molecule has 13 heteroatoms. The van der Waals surface area contributed by atoms with Crippen LogP contribution < -0.4 is 21.4 Å². The second-order valence-corrected chi connectivity index (χ2v) is 10.6. The SMILES string of the molecule is COCCOn1c(=O)c(-c2c(Cl)cccc2Cl)cc2c(N)nc(-c3cc(C(=O)NCCN4CCCC4)n(C)c3)nc21. The van der Waals surface area contributed by atoms with Crippen molar-refractivity contribution < 1.29 is 14.4 Å². The first-order valence-corrected chi connectivity index (χ1v) is 14.0. The van der Waals surface area contributed by atoms with Crippen LogP contribution in [0.1, 0.15) is 23.3 Å². The van der Waals surface area contributed by atoms with E-state index in [1.165, 1.54) is 20.0 Å². The first-order chi connectivity index (χ1) is 19.8. The number of rotatable bonds is 10. The molecular formula is C28H31Cl2N7O4. The number of likely N-dealkylation sites (tertiary alicyclic amines) is 1. The van der Waals surface area contributed by atoms with Gasteiger partial charge in [0.2, 0.25) is 0 Å². The van der Waals surface area contributed by atoms with Gasteiger partial charge in [0.05, 0.1) is 27.6 Å². The highest BCUT2D eigenvalue weighted by molar-refractivity contribution is 6.39. The fraction of sp³-hybridized carbons (Fsp3) is 0.357. The van der Waals surface area contributed by atoms with E-state index in [-0.39, 0.29) is 42.0 Å². The van der Waals surface area contributed by atoms with Crippen molar-refractivity contribution in [2.45, 2.75) is 12.8 Å². The van der Waals surface area contributed by atoms with Crippen molar-refractivity contribution in [3.63, 3.8) is 0 Å². The number of halogens is 2. The number of pyridine rings is 1. The summed E-state index contributed by atoms with van der Waals surface area (Å²) in [6.45, 7) is 3.80. The summed E-state index contributed by atoms with van der Waals surface area (Å²) in [4.78, 5) is 43.9. The molecule has 0 spiro atoms. The first kappa shape index (κ1) is 28.9. The van der Waals surface area contributed by atoms with Gasteiger partial charge in [-0.15, -0.1) is 4.73 Å². The minimum Gasteiger partial charge on any atom is -0.406 e. The van der Waals surface area contributed by atoms with Crippen LogP contribution in [-0.2, 0) is 11.8 Å². The topological polar surface area (TPSA) is 130 Å². The van der Waals surface area contributed by atoms with Crippen LogP contribution in [0.4, 0.5) is 5.82 Å². The van der Waals surface area contributed by atoms with Crippen LogP contribution in [0.2, 0.25) is 10.0 Å². The number of carbonyl (C=O) groups is 1. The lowest BCUT2D eigenvalue weighted by Gasteiger charge is -2.15. The van der Waals surface area contributed by atoms with Crippen molar-refractivity contribution in [1.29, 1.82) is 0 Å². The molecule has 1 aliphatic heterocycles. The summed E-state index contributed by atoms with van der Waals surface area (Å²) in [5.74, 6) is 0.139. The number of aryl methyl sites for hydroxylation is 1. The normalized spacial score (nSPS) is 13.7. The van der Waals surface area contributed by atoms with Crippen LogP contribution in [0.3, 0.4) is 0 Å². The maximum atomic E-state index is 13.7. The van der Waals surface area contributed by atoms with Gasteiger partial charge in [0.1, 0.15) is 18.1 Å². The molecule has 1 amide bonds. The number of methoxy groups -OCH3 is 1. The number of nitrogens with two attached hydrogens (primary N) is 1. The Morgan fingerprint density at radius 2 is 1.85 bits per heavy atom. The summed E-state index contributed by atoms with van der Waals surface area (Å²) in [5, 5.41) is 3.94. The highest BCUT2D eigenvalue weighted by Crippen LogP contribution is 2.35. The van der Waals surface area contributed by atoms with Gasteiger partial charge in [-0.3, -0.25) is 9.59 Å². The summed E-state index contributed by atoms with van der Waals surface area (Å²) in [5.41, 5.74) is 7.57. The minimum absolute atomic E-state index is 0.0670. The number of ether oxygens (including phenoxy) is 1. The Labute approximate surface area is 246 Å². The molecular weight excluding hydrogens is 569 g/mol. The molecule has 0 atom stereocenters. The van der Waals surface area contributed by atoms with Crippen LogP contribution in [-0.4, -0.2) is 76.6 Å². The first-order valence-electron chi connectivity index (χ1n) is 13.3. The number of nitrogen functional groups attached to an aromatic ring is 1. The number of hydrogen-bond acceptors (Lipinski definition) is 8. The second-order valence-electron chi connectivity index (χ2n) is 9.78. The number of carbonyl (C=O) groups excluding carboxylic acids is 1. The zero-order valence-corrected chi connectivity index (χ0v) is 24.3. The van der Waals surface area contributed by atoms with Crippen LogP contribution in [0.15, 0.2) is 41.3 Å². The molecule has 0 saturated carbocycles. The number of nitrogens with zero attached hydrogens (tertiary/aromatic N) is 5. The second kappa shape index (κ2) is 12.5. The van der Waals surface area contributed by atoms with Crippen LogP contribution in [0.5, 0.6) is 0 Å². The largest absolute Gasteiger partial charge is 0.406 e. The quantitative estimate of drug-likeness (QED) is 0.266. The van der Waals surface area contributed by atoms with Gasteiger partial charge in [-0.05, 0) is 50.2 Å². The van der Waals surface area contributed by atoms with Crippen molar-refractivity contribution in [1.82, 2.24) is 29.5 Å². The van der Waals surface area contributed by atoms with Gasteiger partial charge in [0.15, 0.2) is 11.5 Å². The summed E-state index contributed by atoms with van der Waals surface area (Å²) < 4.78 is 7.86. The van der Waals surface area contributed by atoms with Crippen LogP contribution in [0.25, 0.3) is 33.5 Å². The van der Waals surface area contributed by atoms with Gasteiger partial charge in [0, 0.05) is 44.6 Å². The lowest BCUT2D eigenvalue weighted by molar-refractivity contribution is 0.0584. The number of hydrogen-bond donors (Lipinski definition) is 2. The Hall–Kier alpha value is -3.64. The summed E-state index contributed by atoms with van der Waals surface area (Å²) >= 11 is 12.9. The fourth-order valence-electron chi connectivity index (χ4n) is 4.91. The van der Waals surface area contributed by atoms with Gasteiger partial charge in [-0.1, -0.05) is 29.3 Å². The Balaban J connectivity index is 1.53. The molecule has 1 fully saturated rings. The molecule has 5 rings (SSSR count). The van der Waals surface area contributed by atoms with E-state index in [0.717, 1.165) is 24.4 Å². The highest BCUT2D eigenvalue weighted by Gasteiger charge is 2.22. The molecule has 4 heterocycles. The monoisotopic (exact) mass is 599 g/mol. The predicted octanol–water partition coefficient (Wildman–Crippen LogP) is 3.25. The molecule has 3 aromatic heterocycles. The zero-order valence-electron chi connectivity index (χ0n) is 22.8. The molecule has 41 heavy (non-hydrogen) atoms. The minimum atomic E-state index is -0.529.